The maximum atomic E-state index is 12.9. The number of sulfonamides is 1. The first-order valence-electron chi connectivity index (χ1n) is 8.88. The zero-order valence-electron chi connectivity index (χ0n) is 14.9. The third-order valence-corrected chi connectivity index (χ3v) is 6.61. The highest BCUT2D eigenvalue weighted by molar-refractivity contribution is 7.89. The van der Waals surface area contributed by atoms with Crippen LogP contribution >= 0.6 is 0 Å². The van der Waals surface area contributed by atoms with E-state index >= 15 is 0 Å². The van der Waals surface area contributed by atoms with Gasteiger partial charge in [0.2, 0.25) is 15.9 Å². The van der Waals surface area contributed by atoms with Crippen LogP contribution in [0, 0.1) is 6.92 Å². The summed E-state index contributed by atoms with van der Waals surface area (Å²) in [5, 5.41) is 2.89. The molecular weight excluding hydrogens is 348 g/mol. The Morgan fingerprint density at radius 2 is 1.81 bits per heavy atom. The molecule has 0 aromatic heterocycles. The highest BCUT2D eigenvalue weighted by Crippen LogP contribution is 2.26. The van der Waals surface area contributed by atoms with Crippen LogP contribution < -0.4 is 5.32 Å². The van der Waals surface area contributed by atoms with Gasteiger partial charge in [-0.15, -0.1) is 0 Å². The molecule has 0 bridgehead atoms. The van der Waals surface area contributed by atoms with Crippen molar-refractivity contribution in [2.24, 2.45) is 0 Å². The number of nitrogens with zero attached hydrogens (tertiary/aromatic N) is 1. The van der Waals surface area contributed by atoms with Gasteiger partial charge in [-0.3, -0.25) is 4.79 Å². The van der Waals surface area contributed by atoms with Gasteiger partial charge in [0.05, 0.1) is 4.90 Å². The summed E-state index contributed by atoms with van der Waals surface area (Å²) >= 11 is 0. The molecule has 26 heavy (non-hydrogen) atoms. The summed E-state index contributed by atoms with van der Waals surface area (Å²) in [6.45, 7) is 2.79. The van der Waals surface area contributed by atoms with E-state index in [9.17, 15) is 13.2 Å². The smallest absolute Gasteiger partial charge is 0.243 e. The van der Waals surface area contributed by atoms with Crippen molar-refractivity contribution in [1.29, 1.82) is 0 Å². The standard InChI is InChI=1S/C20H24N2O3S/c1-16-9-11-18(12-10-16)26(24,25)22-15-5-8-19(22)20(23)21-14-13-17-6-3-2-4-7-17/h2-4,6-7,9-12,19H,5,8,13-15H2,1H3,(H,21,23)/t19-/m1/s1. The van der Waals surface area contributed by atoms with Gasteiger partial charge in [0.15, 0.2) is 0 Å². The minimum atomic E-state index is -3.65. The lowest BCUT2D eigenvalue weighted by molar-refractivity contribution is -0.124. The molecule has 6 heteroatoms. The normalized spacial score (nSPS) is 18.0. The number of benzene rings is 2. The largest absolute Gasteiger partial charge is 0.354 e. The van der Waals surface area contributed by atoms with Crippen molar-refractivity contribution in [3.8, 4) is 0 Å². The van der Waals surface area contributed by atoms with E-state index in [2.05, 4.69) is 5.32 Å². The molecule has 0 saturated carbocycles. The lowest BCUT2D eigenvalue weighted by Gasteiger charge is -2.23. The van der Waals surface area contributed by atoms with Crippen LogP contribution in [0.5, 0.6) is 0 Å². The van der Waals surface area contributed by atoms with Gasteiger partial charge in [-0.05, 0) is 43.9 Å². The molecule has 2 aromatic carbocycles. The van der Waals surface area contributed by atoms with Crippen LogP contribution in [0.2, 0.25) is 0 Å². The zero-order valence-corrected chi connectivity index (χ0v) is 15.7. The van der Waals surface area contributed by atoms with Gasteiger partial charge in [0.25, 0.3) is 0 Å². The third kappa shape index (κ3) is 4.14. The molecule has 1 amide bonds. The van der Waals surface area contributed by atoms with E-state index in [1.807, 2.05) is 37.3 Å². The second-order valence-electron chi connectivity index (χ2n) is 6.61. The first-order valence-corrected chi connectivity index (χ1v) is 10.3. The second-order valence-corrected chi connectivity index (χ2v) is 8.50. The highest BCUT2D eigenvalue weighted by atomic mass is 32.2. The summed E-state index contributed by atoms with van der Waals surface area (Å²) in [6.07, 6.45) is 1.98. The SMILES string of the molecule is Cc1ccc(S(=O)(=O)N2CCC[C@@H]2C(=O)NCCc2ccccc2)cc1. The first-order chi connectivity index (χ1) is 12.5. The highest BCUT2D eigenvalue weighted by Gasteiger charge is 2.39. The Morgan fingerprint density at radius 1 is 1.12 bits per heavy atom. The fourth-order valence-electron chi connectivity index (χ4n) is 3.23. The molecule has 0 aliphatic carbocycles. The van der Waals surface area contributed by atoms with Gasteiger partial charge < -0.3 is 5.32 Å². The van der Waals surface area contributed by atoms with Gasteiger partial charge in [0.1, 0.15) is 6.04 Å². The van der Waals surface area contributed by atoms with E-state index in [1.54, 1.807) is 24.3 Å². The van der Waals surface area contributed by atoms with E-state index in [0.717, 1.165) is 17.5 Å². The molecule has 5 nitrogen and oxygen atoms in total. The summed E-state index contributed by atoms with van der Waals surface area (Å²) in [4.78, 5) is 12.8. The monoisotopic (exact) mass is 372 g/mol. The fraction of sp³-hybridized carbons (Fsp3) is 0.350. The van der Waals surface area contributed by atoms with Crippen LogP contribution in [0.3, 0.4) is 0 Å². The lowest BCUT2D eigenvalue weighted by Crippen LogP contribution is -2.46. The minimum absolute atomic E-state index is 0.214. The molecule has 1 aliphatic rings. The summed E-state index contributed by atoms with van der Waals surface area (Å²) in [5.41, 5.74) is 2.14. The fourth-order valence-corrected chi connectivity index (χ4v) is 4.88. The van der Waals surface area contributed by atoms with Gasteiger partial charge in [-0.25, -0.2) is 8.42 Å². The number of hydrogen-bond donors (Lipinski definition) is 1. The Balaban J connectivity index is 1.65. The summed E-state index contributed by atoms with van der Waals surface area (Å²) in [5.74, 6) is -0.214. The number of rotatable bonds is 6. The minimum Gasteiger partial charge on any atom is -0.354 e. The predicted molar refractivity (Wildman–Crippen MR) is 101 cm³/mol. The first kappa shape index (κ1) is 18.6. The average molecular weight is 372 g/mol. The molecule has 1 fully saturated rings. The summed E-state index contributed by atoms with van der Waals surface area (Å²) in [7, 11) is -3.65. The van der Waals surface area contributed by atoms with Gasteiger partial charge in [0, 0.05) is 13.1 Å². The molecule has 1 aliphatic heterocycles. The van der Waals surface area contributed by atoms with Crippen LogP contribution in [0.15, 0.2) is 59.5 Å². The number of nitrogens with one attached hydrogen (secondary N) is 1. The van der Waals surface area contributed by atoms with Crippen LogP contribution in [-0.4, -0.2) is 37.8 Å². The van der Waals surface area contributed by atoms with Crippen LogP contribution in [0.1, 0.15) is 24.0 Å². The molecule has 1 heterocycles. The van der Waals surface area contributed by atoms with Gasteiger partial charge >= 0.3 is 0 Å². The molecule has 0 spiro atoms. The molecule has 2 aromatic rings. The Hall–Kier alpha value is -2.18. The molecule has 0 radical (unpaired) electrons. The Morgan fingerprint density at radius 3 is 2.50 bits per heavy atom. The average Bonchev–Trinajstić information content (AvgIpc) is 3.14. The molecule has 1 N–H and O–H groups in total. The summed E-state index contributed by atoms with van der Waals surface area (Å²) < 4.78 is 27.1. The van der Waals surface area contributed by atoms with Crippen molar-refractivity contribution in [2.75, 3.05) is 13.1 Å². The Bertz CT molecular complexity index is 848. The van der Waals surface area contributed by atoms with Crippen LogP contribution in [-0.2, 0) is 21.2 Å². The molecule has 138 valence electrons. The van der Waals surface area contributed by atoms with Crippen molar-refractivity contribution >= 4 is 15.9 Å². The number of amides is 1. The molecule has 1 saturated heterocycles. The molecule has 3 rings (SSSR count). The summed E-state index contributed by atoms with van der Waals surface area (Å²) in [6, 6.07) is 16.0. The maximum absolute atomic E-state index is 12.9. The van der Waals surface area contributed by atoms with E-state index < -0.39 is 16.1 Å². The van der Waals surface area contributed by atoms with Crippen molar-refractivity contribution in [3.05, 3.63) is 65.7 Å². The number of hydrogen-bond acceptors (Lipinski definition) is 3. The van der Waals surface area contributed by atoms with Gasteiger partial charge in [-0.1, -0.05) is 48.0 Å². The van der Waals surface area contributed by atoms with E-state index in [0.29, 0.717) is 25.9 Å². The molecular formula is C20H24N2O3S. The Kier molecular flexibility index (Phi) is 5.74. The maximum Gasteiger partial charge on any atom is 0.243 e. The van der Waals surface area contributed by atoms with Crippen LogP contribution in [0.4, 0.5) is 0 Å². The quantitative estimate of drug-likeness (QED) is 0.847. The number of carbonyl (C=O) groups excluding carboxylic acids is 1. The topological polar surface area (TPSA) is 66.5 Å². The number of aryl methyl sites for hydroxylation is 1. The zero-order chi connectivity index (χ0) is 18.6. The van der Waals surface area contributed by atoms with Crippen molar-refractivity contribution < 1.29 is 13.2 Å². The van der Waals surface area contributed by atoms with Crippen LogP contribution in [0.25, 0.3) is 0 Å². The molecule has 1 atom stereocenters. The van der Waals surface area contributed by atoms with E-state index in [4.69, 9.17) is 0 Å². The number of carbonyl (C=O) groups is 1. The van der Waals surface area contributed by atoms with Crippen molar-refractivity contribution in [1.82, 2.24) is 9.62 Å². The molecule has 0 unspecified atom stereocenters. The van der Waals surface area contributed by atoms with Crippen molar-refractivity contribution in [3.63, 3.8) is 0 Å². The predicted octanol–water partition coefficient (Wildman–Crippen LogP) is 2.51. The van der Waals surface area contributed by atoms with Gasteiger partial charge in [-0.2, -0.15) is 4.31 Å². The Labute approximate surface area is 155 Å². The third-order valence-electron chi connectivity index (χ3n) is 4.69. The second kappa shape index (κ2) is 8.01. The lowest BCUT2D eigenvalue weighted by atomic mass is 10.1. The van der Waals surface area contributed by atoms with E-state index in [1.165, 1.54) is 4.31 Å². The van der Waals surface area contributed by atoms with E-state index in [-0.39, 0.29) is 10.8 Å². The van der Waals surface area contributed by atoms with Crippen molar-refractivity contribution in [2.45, 2.75) is 37.1 Å².